The van der Waals surface area contributed by atoms with Crippen LogP contribution < -0.4 is 10.5 Å². The zero-order valence-corrected chi connectivity index (χ0v) is 11.5. The highest BCUT2D eigenvalue weighted by Crippen LogP contribution is 2.30. The third kappa shape index (κ3) is 2.16. The number of nitrogens with two attached hydrogens (primary N) is 1. The molecule has 0 radical (unpaired) electrons. The van der Waals surface area contributed by atoms with Crippen LogP contribution in [0, 0.1) is 6.92 Å². The highest BCUT2D eigenvalue weighted by molar-refractivity contribution is 6.11. The molecule has 0 aromatic heterocycles. The van der Waals surface area contributed by atoms with Gasteiger partial charge >= 0.3 is 0 Å². The van der Waals surface area contributed by atoms with Crippen LogP contribution in [0.2, 0.25) is 0 Å². The first-order valence-electron chi connectivity index (χ1n) is 6.82. The minimum Gasteiger partial charge on any atom is -0.493 e. The summed E-state index contributed by atoms with van der Waals surface area (Å²) >= 11 is 0. The molecule has 0 amide bonds. The van der Waals surface area contributed by atoms with Crippen LogP contribution in [-0.4, -0.2) is 12.4 Å². The van der Waals surface area contributed by atoms with E-state index in [0.29, 0.717) is 23.4 Å². The molecule has 2 aromatic rings. The Morgan fingerprint density at radius 1 is 1.25 bits per heavy atom. The fraction of sp³-hybridized carbons (Fsp3) is 0.235. The van der Waals surface area contributed by atoms with Crippen molar-refractivity contribution in [2.24, 2.45) is 0 Å². The van der Waals surface area contributed by atoms with Crippen molar-refractivity contribution >= 4 is 11.5 Å². The first-order valence-corrected chi connectivity index (χ1v) is 6.82. The topological polar surface area (TPSA) is 52.3 Å². The van der Waals surface area contributed by atoms with Crippen LogP contribution in [0.4, 0.5) is 5.69 Å². The summed E-state index contributed by atoms with van der Waals surface area (Å²) in [4.78, 5) is 12.7. The molecule has 0 saturated carbocycles. The summed E-state index contributed by atoms with van der Waals surface area (Å²) in [6, 6.07) is 11.2. The average Bonchev–Trinajstić information content (AvgIpc) is 2.49. The number of carbonyl (C=O) groups is 1. The van der Waals surface area contributed by atoms with E-state index in [-0.39, 0.29) is 5.78 Å². The molecule has 0 bridgehead atoms. The number of para-hydroxylation sites is 1. The van der Waals surface area contributed by atoms with Gasteiger partial charge in [-0.1, -0.05) is 12.1 Å². The number of aryl methyl sites for hydroxylation is 2. The Bertz CT molecular complexity index is 677. The summed E-state index contributed by atoms with van der Waals surface area (Å²) < 4.78 is 5.71. The van der Waals surface area contributed by atoms with E-state index in [0.717, 1.165) is 29.7 Å². The second-order valence-electron chi connectivity index (χ2n) is 5.15. The molecule has 3 heteroatoms. The van der Waals surface area contributed by atoms with Gasteiger partial charge in [0.1, 0.15) is 5.75 Å². The van der Waals surface area contributed by atoms with Crippen LogP contribution in [-0.2, 0) is 6.42 Å². The van der Waals surface area contributed by atoms with Gasteiger partial charge in [0.2, 0.25) is 0 Å². The van der Waals surface area contributed by atoms with Gasteiger partial charge in [0.25, 0.3) is 0 Å². The van der Waals surface area contributed by atoms with Crippen LogP contribution in [0.25, 0.3) is 0 Å². The minimum absolute atomic E-state index is 0.00755. The summed E-state index contributed by atoms with van der Waals surface area (Å²) in [7, 11) is 0. The number of nitrogen functional groups attached to an aromatic ring is 1. The molecule has 0 spiro atoms. The molecule has 3 nitrogen and oxygen atoms in total. The molecule has 20 heavy (non-hydrogen) atoms. The Hall–Kier alpha value is -2.29. The highest BCUT2D eigenvalue weighted by Gasteiger charge is 2.20. The van der Waals surface area contributed by atoms with Gasteiger partial charge in [-0.25, -0.2) is 0 Å². The number of hydrogen-bond acceptors (Lipinski definition) is 3. The van der Waals surface area contributed by atoms with Crippen LogP contribution in [0.15, 0.2) is 36.4 Å². The van der Waals surface area contributed by atoms with Gasteiger partial charge in [-0.05, 0) is 55.2 Å². The number of ether oxygens (including phenoxy) is 1. The molecule has 0 unspecified atom stereocenters. The summed E-state index contributed by atoms with van der Waals surface area (Å²) in [5.74, 6) is 0.741. The molecule has 0 fully saturated rings. The fourth-order valence-electron chi connectivity index (χ4n) is 2.54. The lowest BCUT2D eigenvalue weighted by atomic mass is 9.96. The maximum atomic E-state index is 12.7. The number of rotatable bonds is 2. The standard InChI is InChI=1S/C17H17NO2/c1-11-10-13(7-8-15(11)18)16(19)14-6-2-4-12-5-3-9-20-17(12)14/h2,4,6-8,10H,3,5,9,18H2,1H3. The van der Waals surface area contributed by atoms with Gasteiger partial charge in [-0.15, -0.1) is 0 Å². The van der Waals surface area contributed by atoms with E-state index in [1.807, 2.05) is 31.2 Å². The van der Waals surface area contributed by atoms with Gasteiger partial charge in [0.15, 0.2) is 5.78 Å². The zero-order chi connectivity index (χ0) is 14.1. The molecular formula is C17H17NO2. The van der Waals surface area contributed by atoms with E-state index < -0.39 is 0 Å². The third-order valence-electron chi connectivity index (χ3n) is 3.71. The lowest BCUT2D eigenvalue weighted by Crippen LogP contribution is -2.13. The number of benzene rings is 2. The summed E-state index contributed by atoms with van der Waals surface area (Å²) in [6.07, 6.45) is 1.98. The number of ketones is 1. The molecular weight excluding hydrogens is 250 g/mol. The monoisotopic (exact) mass is 267 g/mol. The molecule has 2 aromatic carbocycles. The molecule has 3 rings (SSSR count). The van der Waals surface area contributed by atoms with Gasteiger partial charge in [0, 0.05) is 11.3 Å². The van der Waals surface area contributed by atoms with Crippen LogP contribution >= 0.6 is 0 Å². The van der Waals surface area contributed by atoms with Crippen molar-refractivity contribution in [3.8, 4) is 5.75 Å². The predicted octanol–water partition coefficient (Wildman–Crippen LogP) is 3.13. The number of hydrogen-bond donors (Lipinski definition) is 1. The van der Waals surface area contributed by atoms with Crippen molar-refractivity contribution in [1.82, 2.24) is 0 Å². The minimum atomic E-state index is -0.00755. The summed E-state index contributed by atoms with van der Waals surface area (Å²) in [5.41, 5.74) is 9.84. The van der Waals surface area contributed by atoms with Gasteiger partial charge in [-0.3, -0.25) is 4.79 Å². The van der Waals surface area contributed by atoms with E-state index in [1.54, 1.807) is 12.1 Å². The SMILES string of the molecule is Cc1cc(C(=O)c2cccc3c2OCCC3)ccc1N. The second-order valence-corrected chi connectivity index (χ2v) is 5.15. The van der Waals surface area contributed by atoms with Crippen molar-refractivity contribution in [2.75, 3.05) is 12.3 Å². The molecule has 2 N–H and O–H groups in total. The Morgan fingerprint density at radius 2 is 2.10 bits per heavy atom. The van der Waals surface area contributed by atoms with Crippen molar-refractivity contribution in [3.63, 3.8) is 0 Å². The molecule has 1 aliphatic heterocycles. The second kappa shape index (κ2) is 5.00. The predicted molar refractivity (Wildman–Crippen MR) is 79.3 cm³/mol. The normalized spacial score (nSPS) is 13.4. The largest absolute Gasteiger partial charge is 0.493 e. The maximum Gasteiger partial charge on any atom is 0.196 e. The van der Waals surface area contributed by atoms with Gasteiger partial charge < -0.3 is 10.5 Å². The lowest BCUT2D eigenvalue weighted by Gasteiger charge is -2.19. The molecule has 1 heterocycles. The van der Waals surface area contributed by atoms with Crippen molar-refractivity contribution in [2.45, 2.75) is 19.8 Å². The van der Waals surface area contributed by atoms with E-state index in [1.165, 1.54) is 0 Å². The quantitative estimate of drug-likeness (QED) is 0.672. The molecule has 0 saturated heterocycles. The summed E-state index contributed by atoms with van der Waals surface area (Å²) in [6.45, 7) is 2.58. The van der Waals surface area contributed by atoms with Gasteiger partial charge in [-0.2, -0.15) is 0 Å². The Kier molecular flexibility index (Phi) is 3.18. The van der Waals surface area contributed by atoms with Crippen molar-refractivity contribution in [3.05, 3.63) is 58.7 Å². The number of anilines is 1. The third-order valence-corrected chi connectivity index (χ3v) is 3.71. The van der Waals surface area contributed by atoms with Crippen molar-refractivity contribution < 1.29 is 9.53 Å². The molecule has 102 valence electrons. The fourth-order valence-corrected chi connectivity index (χ4v) is 2.54. The van der Waals surface area contributed by atoms with Crippen LogP contribution in [0.1, 0.15) is 33.5 Å². The van der Waals surface area contributed by atoms with E-state index in [2.05, 4.69) is 0 Å². The van der Waals surface area contributed by atoms with E-state index >= 15 is 0 Å². The Labute approximate surface area is 118 Å². The highest BCUT2D eigenvalue weighted by atomic mass is 16.5. The molecule has 1 aliphatic rings. The zero-order valence-electron chi connectivity index (χ0n) is 11.5. The first kappa shape index (κ1) is 12.7. The van der Waals surface area contributed by atoms with Crippen LogP contribution in [0.3, 0.4) is 0 Å². The maximum absolute atomic E-state index is 12.7. The van der Waals surface area contributed by atoms with Crippen molar-refractivity contribution in [1.29, 1.82) is 0 Å². The molecule has 0 aliphatic carbocycles. The molecule has 0 atom stereocenters. The smallest absolute Gasteiger partial charge is 0.196 e. The first-order chi connectivity index (χ1) is 9.66. The Balaban J connectivity index is 2.04. The summed E-state index contributed by atoms with van der Waals surface area (Å²) in [5, 5.41) is 0. The number of carbonyl (C=O) groups excluding carboxylic acids is 1. The van der Waals surface area contributed by atoms with E-state index in [9.17, 15) is 4.79 Å². The average molecular weight is 267 g/mol. The lowest BCUT2D eigenvalue weighted by molar-refractivity contribution is 0.103. The van der Waals surface area contributed by atoms with Crippen LogP contribution in [0.5, 0.6) is 5.75 Å². The number of fused-ring (bicyclic) bond motifs is 1. The van der Waals surface area contributed by atoms with Gasteiger partial charge in [0.05, 0.1) is 12.2 Å². The Morgan fingerprint density at radius 3 is 2.90 bits per heavy atom. The van der Waals surface area contributed by atoms with E-state index in [4.69, 9.17) is 10.5 Å².